The van der Waals surface area contributed by atoms with E-state index in [9.17, 15) is 4.79 Å². The molecule has 1 aromatic carbocycles. The first-order valence-electron chi connectivity index (χ1n) is 9.64. The van der Waals surface area contributed by atoms with E-state index in [4.69, 9.17) is 0 Å². The lowest BCUT2D eigenvalue weighted by Gasteiger charge is -2.17. The van der Waals surface area contributed by atoms with E-state index in [1.165, 1.54) is 0 Å². The number of aromatic nitrogens is 4. The summed E-state index contributed by atoms with van der Waals surface area (Å²) in [6.45, 7) is 4.68. The molecule has 0 aliphatic heterocycles. The van der Waals surface area contributed by atoms with Crippen molar-refractivity contribution in [3.63, 3.8) is 0 Å². The largest absolute Gasteiger partial charge is 0.342 e. The van der Waals surface area contributed by atoms with E-state index in [1.54, 1.807) is 11.1 Å². The van der Waals surface area contributed by atoms with Crippen molar-refractivity contribution in [2.24, 2.45) is 7.05 Å². The van der Waals surface area contributed by atoms with Gasteiger partial charge in [-0.3, -0.25) is 4.79 Å². The molecule has 6 heteroatoms. The highest BCUT2D eigenvalue weighted by Crippen LogP contribution is 2.22. The van der Waals surface area contributed by atoms with E-state index >= 15 is 0 Å². The van der Waals surface area contributed by atoms with E-state index in [2.05, 4.69) is 21.9 Å². The second-order valence-electron chi connectivity index (χ2n) is 7.01. The minimum Gasteiger partial charge on any atom is -0.342 e. The van der Waals surface area contributed by atoms with Gasteiger partial charge >= 0.3 is 0 Å². The zero-order chi connectivity index (χ0) is 20.1. The molecule has 0 radical (unpaired) electrons. The Kier molecular flexibility index (Phi) is 6.19. The van der Waals surface area contributed by atoms with Gasteiger partial charge in [0, 0.05) is 56.8 Å². The van der Waals surface area contributed by atoms with E-state index in [0.717, 1.165) is 47.7 Å². The van der Waals surface area contributed by atoms with Crippen LogP contribution in [-0.4, -0.2) is 43.9 Å². The van der Waals surface area contributed by atoms with Gasteiger partial charge in [-0.2, -0.15) is 0 Å². The third kappa shape index (κ3) is 4.44. The lowest BCUT2D eigenvalue weighted by atomic mass is 10.0. The van der Waals surface area contributed by atoms with Gasteiger partial charge in [-0.25, -0.2) is 15.0 Å². The molecule has 2 heterocycles. The predicted octanol–water partition coefficient (Wildman–Crippen LogP) is 3.45. The van der Waals surface area contributed by atoms with E-state index < -0.39 is 0 Å². The second-order valence-corrected chi connectivity index (χ2v) is 7.01. The summed E-state index contributed by atoms with van der Waals surface area (Å²) in [5, 5.41) is 0. The van der Waals surface area contributed by atoms with Crippen LogP contribution < -0.4 is 0 Å². The van der Waals surface area contributed by atoms with Gasteiger partial charge in [0.1, 0.15) is 11.6 Å². The van der Waals surface area contributed by atoms with Crippen LogP contribution in [-0.2, 0) is 19.9 Å². The fourth-order valence-corrected chi connectivity index (χ4v) is 3.21. The molecule has 3 rings (SSSR count). The molecule has 0 fully saturated rings. The first kappa shape index (κ1) is 19.7. The Hall–Kier alpha value is -3.02. The highest BCUT2D eigenvalue weighted by Gasteiger charge is 2.13. The number of rotatable bonds is 7. The van der Waals surface area contributed by atoms with E-state index in [-0.39, 0.29) is 5.91 Å². The number of amides is 1. The zero-order valence-corrected chi connectivity index (χ0v) is 17.0. The normalized spacial score (nSPS) is 10.9. The Bertz CT molecular complexity index is 946. The number of benzene rings is 1. The SMILES string of the molecule is CCc1cnc(C)nc1-c1ccc(C(=O)N(C)CCCc2nccn2C)cc1. The quantitative estimate of drug-likeness (QED) is 0.633. The Morgan fingerprint density at radius 3 is 2.57 bits per heavy atom. The first-order valence-corrected chi connectivity index (χ1v) is 9.64. The van der Waals surface area contributed by atoms with Crippen LogP contribution >= 0.6 is 0 Å². The van der Waals surface area contributed by atoms with Gasteiger partial charge in [-0.15, -0.1) is 0 Å². The minimum atomic E-state index is 0.0287. The van der Waals surface area contributed by atoms with Crippen LogP contribution in [0.5, 0.6) is 0 Å². The molecule has 2 aromatic heterocycles. The number of aryl methyl sites for hydroxylation is 4. The number of carbonyl (C=O) groups excluding carboxylic acids is 1. The van der Waals surface area contributed by atoms with Crippen LogP contribution in [0.1, 0.15) is 40.9 Å². The van der Waals surface area contributed by atoms with Crippen LogP contribution in [0.2, 0.25) is 0 Å². The van der Waals surface area contributed by atoms with Gasteiger partial charge < -0.3 is 9.47 Å². The maximum atomic E-state index is 12.7. The Labute approximate surface area is 166 Å². The smallest absolute Gasteiger partial charge is 0.253 e. The summed E-state index contributed by atoms with van der Waals surface area (Å²) in [5.41, 5.74) is 3.75. The average molecular weight is 377 g/mol. The molecule has 146 valence electrons. The van der Waals surface area contributed by atoms with Gasteiger partial charge in [0.05, 0.1) is 5.69 Å². The monoisotopic (exact) mass is 377 g/mol. The summed E-state index contributed by atoms with van der Waals surface area (Å²) in [4.78, 5) is 27.7. The van der Waals surface area contributed by atoms with E-state index in [1.807, 2.05) is 62.2 Å². The molecule has 6 nitrogen and oxygen atoms in total. The van der Waals surface area contributed by atoms with Crippen molar-refractivity contribution < 1.29 is 4.79 Å². The van der Waals surface area contributed by atoms with Crippen molar-refractivity contribution >= 4 is 5.91 Å². The fourth-order valence-electron chi connectivity index (χ4n) is 3.21. The predicted molar refractivity (Wildman–Crippen MR) is 110 cm³/mol. The third-order valence-corrected chi connectivity index (χ3v) is 4.93. The van der Waals surface area contributed by atoms with Crippen molar-refractivity contribution in [1.29, 1.82) is 0 Å². The molecule has 0 saturated carbocycles. The van der Waals surface area contributed by atoms with Gasteiger partial charge in [0.2, 0.25) is 0 Å². The Morgan fingerprint density at radius 2 is 1.93 bits per heavy atom. The van der Waals surface area contributed by atoms with Crippen molar-refractivity contribution in [1.82, 2.24) is 24.4 Å². The Balaban J connectivity index is 1.65. The molecule has 1 amide bonds. The van der Waals surface area contributed by atoms with Crippen molar-refractivity contribution in [2.45, 2.75) is 33.1 Å². The molecular formula is C22H27N5O. The molecule has 0 aliphatic rings. The lowest BCUT2D eigenvalue weighted by Crippen LogP contribution is -2.28. The fraction of sp³-hybridized carbons (Fsp3) is 0.364. The Morgan fingerprint density at radius 1 is 1.18 bits per heavy atom. The number of hydrogen-bond donors (Lipinski definition) is 0. The minimum absolute atomic E-state index is 0.0287. The molecule has 0 N–H and O–H groups in total. The molecule has 0 saturated heterocycles. The highest BCUT2D eigenvalue weighted by atomic mass is 16.2. The van der Waals surface area contributed by atoms with Gasteiger partial charge in [0.25, 0.3) is 5.91 Å². The van der Waals surface area contributed by atoms with Crippen LogP contribution in [0.15, 0.2) is 42.9 Å². The molecule has 0 aliphatic carbocycles. The first-order chi connectivity index (χ1) is 13.5. The topological polar surface area (TPSA) is 63.9 Å². The maximum Gasteiger partial charge on any atom is 0.253 e. The lowest BCUT2D eigenvalue weighted by molar-refractivity contribution is 0.0793. The standard InChI is InChI=1S/C22H27N5O/c1-5-17-15-24-16(2)25-21(17)18-8-10-19(11-9-18)22(28)27(4)13-6-7-20-23-12-14-26(20)3/h8-12,14-15H,5-7,13H2,1-4H3. The van der Waals surface area contributed by atoms with Crippen molar-refractivity contribution in [3.8, 4) is 11.3 Å². The number of carbonyl (C=O) groups is 1. The second kappa shape index (κ2) is 8.78. The van der Waals surface area contributed by atoms with E-state index in [0.29, 0.717) is 12.1 Å². The number of nitrogens with zero attached hydrogens (tertiary/aromatic N) is 5. The van der Waals surface area contributed by atoms with Crippen molar-refractivity contribution in [3.05, 3.63) is 65.6 Å². The summed E-state index contributed by atoms with van der Waals surface area (Å²) in [7, 11) is 3.83. The van der Waals surface area contributed by atoms with Gasteiger partial charge in [-0.05, 0) is 37.5 Å². The van der Waals surface area contributed by atoms with Crippen LogP contribution in [0.25, 0.3) is 11.3 Å². The zero-order valence-electron chi connectivity index (χ0n) is 17.0. The van der Waals surface area contributed by atoms with Gasteiger partial charge in [0.15, 0.2) is 0 Å². The van der Waals surface area contributed by atoms with Crippen LogP contribution in [0.4, 0.5) is 0 Å². The number of hydrogen-bond acceptors (Lipinski definition) is 4. The average Bonchev–Trinajstić information content (AvgIpc) is 3.12. The summed E-state index contributed by atoms with van der Waals surface area (Å²) >= 11 is 0. The number of imidazole rings is 1. The summed E-state index contributed by atoms with van der Waals surface area (Å²) in [6, 6.07) is 7.69. The van der Waals surface area contributed by atoms with Gasteiger partial charge in [-0.1, -0.05) is 19.1 Å². The molecule has 28 heavy (non-hydrogen) atoms. The molecule has 0 spiro atoms. The molecule has 0 unspecified atom stereocenters. The van der Waals surface area contributed by atoms with Crippen LogP contribution in [0, 0.1) is 6.92 Å². The summed E-state index contributed by atoms with van der Waals surface area (Å²) in [6.07, 6.45) is 8.23. The van der Waals surface area contributed by atoms with Crippen LogP contribution in [0.3, 0.4) is 0 Å². The molecular weight excluding hydrogens is 350 g/mol. The molecule has 3 aromatic rings. The maximum absolute atomic E-state index is 12.7. The third-order valence-electron chi connectivity index (χ3n) is 4.93. The highest BCUT2D eigenvalue weighted by molar-refractivity contribution is 5.94. The molecule has 0 atom stereocenters. The molecule has 0 bridgehead atoms. The summed E-state index contributed by atoms with van der Waals surface area (Å²) in [5.74, 6) is 1.82. The van der Waals surface area contributed by atoms with Crippen molar-refractivity contribution in [2.75, 3.05) is 13.6 Å². The summed E-state index contributed by atoms with van der Waals surface area (Å²) < 4.78 is 2.01.